The van der Waals surface area contributed by atoms with E-state index in [0.717, 1.165) is 37.0 Å². The average Bonchev–Trinajstić information content (AvgIpc) is 3.41. The predicted octanol–water partition coefficient (Wildman–Crippen LogP) is 2.81. The van der Waals surface area contributed by atoms with Crippen LogP contribution < -0.4 is 42.2 Å². The lowest BCUT2D eigenvalue weighted by Gasteiger charge is -2.32. The number of nitrogens with one attached hydrogen (secondary N) is 4. The zero-order chi connectivity index (χ0) is 37.4. The maximum atomic E-state index is 13.3. The summed E-state index contributed by atoms with van der Waals surface area (Å²) in [5.41, 5.74) is 2.86. The molecule has 5 heterocycles. The molecular weight excluding hydrogens is 704 g/mol. The standard InChI is InChI=1S/C36H39ClN10O6/c1-38-30(49)19-53-28-16-21-15-22(7-8-25(21)44(2)34(28)51)41-32-23(37)18-40-35(43-32)46-13-11-20(12-14-46)17-39-24-5-4-6-26-31(24)45(3)36(52)47(26)27-9-10-29(48)42-33(27)50/h4-8,15-16,18,20,27,39H,9-14,17,19H2,1-3H3,(H,38,49)(H,40,41,43)(H,42,48,50). The van der Waals surface area contributed by atoms with Gasteiger partial charge in [-0.2, -0.15) is 4.98 Å². The number of para-hydroxylation sites is 1. The van der Waals surface area contributed by atoms with Gasteiger partial charge in [-0.15, -0.1) is 0 Å². The highest BCUT2D eigenvalue weighted by atomic mass is 35.5. The van der Waals surface area contributed by atoms with Gasteiger partial charge in [0.25, 0.3) is 11.5 Å². The summed E-state index contributed by atoms with van der Waals surface area (Å²) in [7, 11) is 4.83. The van der Waals surface area contributed by atoms with Crippen LogP contribution in [0.1, 0.15) is 31.7 Å². The summed E-state index contributed by atoms with van der Waals surface area (Å²) in [6, 6.07) is 12.0. The lowest BCUT2D eigenvalue weighted by atomic mass is 9.97. The number of hydrogen-bond donors (Lipinski definition) is 4. The fraction of sp³-hybridized carbons (Fsp3) is 0.361. The number of ether oxygens (including phenoxy) is 1. The number of fused-ring (bicyclic) bond motifs is 2. The van der Waals surface area contributed by atoms with Crippen molar-refractivity contribution in [3.8, 4) is 5.75 Å². The third-order valence-corrected chi connectivity index (χ3v) is 10.2. The molecular formula is C36H39ClN10O6. The summed E-state index contributed by atoms with van der Waals surface area (Å²) in [5.74, 6) is 0.257. The second-order valence-electron chi connectivity index (χ2n) is 13.3. The summed E-state index contributed by atoms with van der Waals surface area (Å²) < 4.78 is 9.99. The first-order chi connectivity index (χ1) is 25.5. The number of pyridine rings is 1. The number of imide groups is 1. The van der Waals surface area contributed by atoms with E-state index in [1.165, 1.54) is 16.2 Å². The number of halogens is 1. The van der Waals surface area contributed by atoms with Gasteiger partial charge in [0.05, 0.1) is 28.4 Å². The third-order valence-electron chi connectivity index (χ3n) is 9.93. The number of amides is 3. The van der Waals surface area contributed by atoms with E-state index >= 15 is 0 Å². The van der Waals surface area contributed by atoms with Crippen molar-refractivity contribution in [2.45, 2.75) is 31.7 Å². The average molecular weight is 743 g/mol. The summed E-state index contributed by atoms with van der Waals surface area (Å²) in [4.78, 5) is 73.5. The monoisotopic (exact) mass is 742 g/mol. The number of benzene rings is 2. The number of hydrogen-bond acceptors (Lipinski definition) is 11. The number of anilines is 4. The van der Waals surface area contributed by atoms with Gasteiger partial charge in [0.15, 0.2) is 18.2 Å². The van der Waals surface area contributed by atoms with Crippen LogP contribution in [0.3, 0.4) is 0 Å². The Bertz CT molecular complexity index is 2380. The summed E-state index contributed by atoms with van der Waals surface area (Å²) >= 11 is 6.53. The molecule has 2 saturated heterocycles. The van der Waals surface area contributed by atoms with Crippen molar-refractivity contribution < 1.29 is 19.1 Å². The Morgan fingerprint density at radius 3 is 2.57 bits per heavy atom. The topological polar surface area (TPSA) is 187 Å². The Labute approximate surface area is 308 Å². The number of aromatic nitrogens is 5. The van der Waals surface area contributed by atoms with Crippen LogP contribution in [0, 0.1) is 5.92 Å². The molecule has 17 heteroatoms. The van der Waals surface area contributed by atoms with E-state index in [1.54, 1.807) is 30.9 Å². The molecule has 0 radical (unpaired) electrons. The first-order valence-corrected chi connectivity index (χ1v) is 17.7. The van der Waals surface area contributed by atoms with E-state index < -0.39 is 11.9 Å². The Morgan fingerprint density at radius 1 is 1.02 bits per heavy atom. The van der Waals surface area contributed by atoms with Crippen LogP contribution in [0.25, 0.3) is 21.9 Å². The van der Waals surface area contributed by atoms with Crippen LogP contribution in [0.15, 0.2) is 58.3 Å². The van der Waals surface area contributed by atoms with E-state index in [9.17, 15) is 24.0 Å². The molecule has 0 aliphatic carbocycles. The van der Waals surface area contributed by atoms with Crippen LogP contribution in [0.2, 0.25) is 5.02 Å². The number of nitrogens with zero attached hydrogens (tertiary/aromatic N) is 6. The molecule has 5 aromatic rings. The third kappa shape index (κ3) is 7.01. The highest BCUT2D eigenvalue weighted by molar-refractivity contribution is 6.33. The smallest absolute Gasteiger partial charge is 0.329 e. The molecule has 16 nitrogen and oxygen atoms in total. The largest absolute Gasteiger partial charge is 0.478 e. The molecule has 1 atom stereocenters. The van der Waals surface area contributed by atoms with E-state index in [-0.39, 0.29) is 48.3 Å². The summed E-state index contributed by atoms with van der Waals surface area (Å²) in [6.45, 7) is 1.87. The molecule has 53 heavy (non-hydrogen) atoms. The molecule has 2 aliphatic heterocycles. The van der Waals surface area contributed by atoms with Crippen molar-refractivity contribution in [1.29, 1.82) is 0 Å². The molecule has 0 spiro atoms. The van der Waals surface area contributed by atoms with Crippen molar-refractivity contribution in [2.75, 3.05) is 48.8 Å². The fourth-order valence-electron chi connectivity index (χ4n) is 6.99. The minimum Gasteiger partial charge on any atom is -0.478 e. The second-order valence-corrected chi connectivity index (χ2v) is 13.7. The SMILES string of the molecule is CNC(=O)COc1cc2cc(Nc3nc(N4CCC(CNc5cccc6c5n(C)c(=O)n6C5CCC(=O)NC5=O)CC4)ncc3Cl)ccc2n(C)c1=O. The Morgan fingerprint density at radius 2 is 1.81 bits per heavy atom. The van der Waals surface area contributed by atoms with Gasteiger partial charge in [0.2, 0.25) is 17.8 Å². The second kappa shape index (κ2) is 14.6. The molecule has 3 amide bonds. The molecule has 7 rings (SSSR count). The highest BCUT2D eigenvalue weighted by Crippen LogP contribution is 2.31. The number of aryl methyl sites for hydroxylation is 2. The molecule has 3 aromatic heterocycles. The number of carbonyl (C=O) groups is 3. The van der Waals surface area contributed by atoms with Crippen molar-refractivity contribution >= 4 is 74.4 Å². The van der Waals surface area contributed by atoms with Crippen LogP contribution in [-0.4, -0.2) is 74.7 Å². The van der Waals surface area contributed by atoms with E-state index in [2.05, 4.69) is 31.2 Å². The van der Waals surface area contributed by atoms with Gasteiger partial charge in [-0.05, 0) is 61.6 Å². The lowest BCUT2D eigenvalue weighted by Crippen LogP contribution is -2.44. The molecule has 0 saturated carbocycles. The molecule has 276 valence electrons. The van der Waals surface area contributed by atoms with E-state index in [0.29, 0.717) is 51.5 Å². The number of likely N-dealkylation sites (N-methyl/N-ethyl adjacent to an activating group) is 1. The molecule has 4 N–H and O–H groups in total. The quantitative estimate of drug-likeness (QED) is 0.154. The number of rotatable bonds is 10. The van der Waals surface area contributed by atoms with Gasteiger partial charge >= 0.3 is 5.69 Å². The van der Waals surface area contributed by atoms with Gasteiger partial charge < -0.3 is 30.2 Å². The van der Waals surface area contributed by atoms with Gasteiger partial charge in [-0.25, -0.2) is 9.78 Å². The normalized spacial score (nSPS) is 16.5. The zero-order valence-electron chi connectivity index (χ0n) is 29.4. The van der Waals surface area contributed by atoms with Crippen molar-refractivity contribution in [1.82, 2.24) is 34.3 Å². The Kier molecular flexibility index (Phi) is 9.79. The summed E-state index contributed by atoms with van der Waals surface area (Å²) in [5, 5.41) is 12.7. The van der Waals surface area contributed by atoms with Crippen LogP contribution in [0.5, 0.6) is 5.75 Å². The lowest BCUT2D eigenvalue weighted by molar-refractivity contribution is -0.135. The van der Waals surface area contributed by atoms with E-state index in [1.807, 2.05) is 36.4 Å². The maximum Gasteiger partial charge on any atom is 0.329 e. The Hall–Kier alpha value is -5.90. The minimum absolute atomic E-state index is 0.0632. The first-order valence-electron chi connectivity index (χ1n) is 17.3. The number of carbonyl (C=O) groups excluding carboxylic acids is 3. The number of piperidine rings is 2. The molecule has 2 fully saturated rings. The molecule has 2 aliphatic rings. The Balaban J connectivity index is 1.01. The highest BCUT2D eigenvalue weighted by Gasteiger charge is 2.32. The van der Waals surface area contributed by atoms with Crippen molar-refractivity contribution in [3.63, 3.8) is 0 Å². The molecule has 0 bridgehead atoms. The van der Waals surface area contributed by atoms with Crippen molar-refractivity contribution in [3.05, 3.63) is 74.5 Å². The van der Waals surface area contributed by atoms with Gasteiger partial charge in [0.1, 0.15) is 11.1 Å². The first kappa shape index (κ1) is 35.5. The van der Waals surface area contributed by atoms with Gasteiger partial charge in [-0.3, -0.25) is 33.6 Å². The fourth-order valence-corrected chi connectivity index (χ4v) is 7.12. The predicted molar refractivity (Wildman–Crippen MR) is 201 cm³/mol. The molecule has 1 unspecified atom stereocenters. The van der Waals surface area contributed by atoms with Crippen LogP contribution in [-0.2, 0) is 28.5 Å². The maximum absolute atomic E-state index is 13.3. The zero-order valence-corrected chi connectivity index (χ0v) is 30.2. The van der Waals surface area contributed by atoms with Gasteiger partial charge in [0, 0.05) is 58.3 Å². The van der Waals surface area contributed by atoms with Crippen LogP contribution >= 0.6 is 11.6 Å². The van der Waals surface area contributed by atoms with E-state index in [4.69, 9.17) is 21.3 Å². The van der Waals surface area contributed by atoms with Crippen molar-refractivity contribution in [2.24, 2.45) is 20.0 Å². The minimum atomic E-state index is -0.742. The molecule has 2 aromatic carbocycles. The summed E-state index contributed by atoms with van der Waals surface area (Å²) in [6.07, 6.45) is 3.79. The van der Waals surface area contributed by atoms with Gasteiger partial charge in [-0.1, -0.05) is 17.7 Å². The number of imidazole rings is 1. The van der Waals surface area contributed by atoms with Crippen LogP contribution in [0.4, 0.5) is 23.1 Å².